The average molecular weight is 510 g/mol. The molecule has 0 aliphatic carbocycles. The van der Waals surface area contributed by atoms with E-state index in [2.05, 4.69) is 10.0 Å². The van der Waals surface area contributed by atoms with E-state index in [9.17, 15) is 21.6 Å². The van der Waals surface area contributed by atoms with Crippen molar-refractivity contribution >= 4 is 26.0 Å². The van der Waals surface area contributed by atoms with Crippen LogP contribution in [0.5, 0.6) is 5.75 Å². The molecule has 1 fully saturated rings. The van der Waals surface area contributed by atoms with Crippen LogP contribution in [0.2, 0.25) is 0 Å². The Hall–Kier alpha value is -2.47. The summed E-state index contributed by atoms with van der Waals surface area (Å²) >= 11 is 0. The zero-order valence-corrected chi connectivity index (χ0v) is 21.0. The maximum absolute atomic E-state index is 12.7. The Kier molecular flexibility index (Phi) is 8.69. The quantitative estimate of drug-likeness (QED) is 0.507. The van der Waals surface area contributed by atoms with Crippen molar-refractivity contribution in [1.82, 2.24) is 14.3 Å². The number of benzene rings is 2. The fraction of sp³-hybridized carbons (Fsp3) is 0.435. The largest absolute Gasteiger partial charge is 0.494 e. The predicted molar refractivity (Wildman–Crippen MR) is 128 cm³/mol. The fourth-order valence-electron chi connectivity index (χ4n) is 3.61. The van der Waals surface area contributed by atoms with Crippen LogP contribution in [-0.4, -0.2) is 52.8 Å². The summed E-state index contributed by atoms with van der Waals surface area (Å²) in [5.41, 5.74) is 0.701. The topological polar surface area (TPSA) is 122 Å². The Morgan fingerprint density at radius 1 is 0.941 bits per heavy atom. The third-order valence-electron chi connectivity index (χ3n) is 5.51. The SMILES string of the molecule is CCOc1ccc(S(=O)(=O)NC(C)C(=O)NCc2ccc(S(=O)(=O)N3CCCCC3)cc2)cc1. The number of rotatable bonds is 10. The Labute approximate surface area is 201 Å². The van der Waals surface area contributed by atoms with Crippen LogP contribution >= 0.6 is 0 Å². The molecule has 9 nitrogen and oxygen atoms in total. The summed E-state index contributed by atoms with van der Waals surface area (Å²) in [7, 11) is -7.40. The lowest BCUT2D eigenvalue weighted by molar-refractivity contribution is -0.122. The van der Waals surface area contributed by atoms with Crippen LogP contribution in [0.4, 0.5) is 0 Å². The van der Waals surface area contributed by atoms with E-state index < -0.39 is 32.0 Å². The van der Waals surface area contributed by atoms with Crippen LogP contribution in [0.3, 0.4) is 0 Å². The normalized spacial score (nSPS) is 16.1. The van der Waals surface area contributed by atoms with E-state index in [0.29, 0.717) is 31.0 Å². The molecule has 34 heavy (non-hydrogen) atoms. The molecule has 2 aromatic carbocycles. The highest BCUT2D eigenvalue weighted by molar-refractivity contribution is 7.89. The standard InChI is InChI=1S/C23H31N3O6S2/c1-3-32-20-9-13-21(14-10-20)33(28,29)25-18(2)23(27)24-17-19-7-11-22(12-8-19)34(30,31)26-15-5-4-6-16-26/h7-14,18,25H,3-6,15-17H2,1-2H3,(H,24,27). The number of carbonyl (C=O) groups excluding carboxylic acids is 1. The van der Waals surface area contributed by atoms with Gasteiger partial charge in [-0.15, -0.1) is 0 Å². The number of nitrogens with one attached hydrogen (secondary N) is 2. The molecular weight excluding hydrogens is 478 g/mol. The van der Waals surface area contributed by atoms with Crippen molar-refractivity contribution in [3.05, 3.63) is 54.1 Å². The first-order valence-electron chi connectivity index (χ1n) is 11.3. The van der Waals surface area contributed by atoms with Gasteiger partial charge in [0.15, 0.2) is 0 Å². The van der Waals surface area contributed by atoms with Gasteiger partial charge in [0.1, 0.15) is 5.75 Å². The lowest BCUT2D eigenvalue weighted by Gasteiger charge is -2.25. The van der Waals surface area contributed by atoms with Gasteiger partial charge in [-0.1, -0.05) is 18.6 Å². The molecule has 2 N–H and O–H groups in total. The molecule has 186 valence electrons. The lowest BCUT2D eigenvalue weighted by Crippen LogP contribution is -2.44. The fourth-order valence-corrected chi connectivity index (χ4v) is 6.33. The van der Waals surface area contributed by atoms with Gasteiger partial charge in [0.25, 0.3) is 0 Å². The number of ether oxygens (including phenoxy) is 1. The molecule has 2 aromatic rings. The van der Waals surface area contributed by atoms with Crippen molar-refractivity contribution in [2.75, 3.05) is 19.7 Å². The highest BCUT2D eigenvalue weighted by Gasteiger charge is 2.26. The average Bonchev–Trinajstić information content (AvgIpc) is 2.83. The molecule has 1 atom stereocenters. The van der Waals surface area contributed by atoms with E-state index in [4.69, 9.17) is 4.74 Å². The molecule has 0 spiro atoms. The van der Waals surface area contributed by atoms with E-state index in [-0.39, 0.29) is 16.3 Å². The molecule has 1 amide bonds. The maximum Gasteiger partial charge on any atom is 0.243 e. The molecule has 1 saturated heterocycles. The minimum absolute atomic E-state index is 0.0288. The summed E-state index contributed by atoms with van der Waals surface area (Å²) < 4.78 is 59.8. The van der Waals surface area contributed by atoms with E-state index in [1.807, 2.05) is 6.92 Å². The molecule has 0 aromatic heterocycles. The molecule has 0 bridgehead atoms. The first kappa shape index (κ1) is 26.1. The number of piperidine rings is 1. The minimum Gasteiger partial charge on any atom is -0.494 e. The first-order chi connectivity index (χ1) is 16.1. The Bertz CT molecular complexity index is 1170. The third kappa shape index (κ3) is 6.56. The molecule has 1 heterocycles. The van der Waals surface area contributed by atoms with Gasteiger partial charge < -0.3 is 10.1 Å². The minimum atomic E-state index is -3.89. The first-order valence-corrected chi connectivity index (χ1v) is 14.2. The summed E-state index contributed by atoms with van der Waals surface area (Å²) in [5.74, 6) is 0.0570. The number of sulfonamides is 2. The number of amides is 1. The molecule has 1 unspecified atom stereocenters. The summed E-state index contributed by atoms with van der Waals surface area (Å²) in [4.78, 5) is 12.7. The molecule has 11 heteroatoms. The molecule has 3 rings (SSSR count). The Morgan fingerprint density at radius 3 is 2.12 bits per heavy atom. The van der Waals surface area contributed by atoms with Crippen molar-refractivity contribution in [1.29, 1.82) is 0 Å². The van der Waals surface area contributed by atoms with Gasteiger partial charge in [0.2, 0.25) is 26.0 Å². The second kappa shape index (κ2) is 11.3. The van der Waals surface area contributed by atoms with Gasteiger partial charge in [0.05, 0.1) is 22.4 Å². The van der Waals surface area contributed by atoms with Crippen molar-refractivity contribution in [3.63, 3.8) is 0 Å². The number of hydrogen-bond donors (Lipinski definition) is 2. The predicted octanol–water partition coefficient (Wildman–Crippen LogP) is 2.24. The van der Waals surface area contributed by atoms with Crippen molar-refractivity contribution in [3.8, 4) is 5.75 Å². The number of hydrogen-bond acceptors (Lipinski definition) is 6. The Balaban J connectivity index is 1.55. The zero-order chi connectivity index (χ0) is 24.8. The van der Waals surface area contributed by atoms with Crippen LogP contribution < -0.4 is 14.8 Å². The summed E-state index contributed by atoms with van der Waals surface area (Å²) in [6, 6.07) is 11.3. The van der Waals surface area contributed by atoms with Crippen molar-refractivity contribution in [2.24, 2.45) is 0 Å². The number of carbonyl (C=O) groups is 1. The summed E-state index contributed by atoms with van der Waals surface area (Å²) in [5, 5.41) is 2.67. The monoisotopic (exact) mass is 509 g/mol. The smallest absolute Gasteiger partial charge is 0.243 e. The van der Waals surface area contributed by atoms with Gasteiger partial charge in [0, 0.05) is 19.6 Å². The van der Waals surface area contributed by atoms with Gasteiger partial charge in [-0.25, -0.2) is 16.8 Å². The third-order valence-corrected chi connectivity index (χ3v) is 8.98. The number of nitrogens with zero attached hydrogens (tertiary/aromatic N) is 1. The van der Waals surface area contributed by atoms with Crippen LogP contribution in [0.25, 0.3) is 0 Å². The van der Waals surface area contributed by atoms with Gasteiger partial charge in [-0.3, -0.25) is 4.79 Å². The van der Waals surface area contributed by atoms with E-state index in [1.165, 1.54) is 35.5 Å². The maximum atomic E-state index is 12.7. The summed E-state index contributed by atoms with van der Waals surface area (Å²) in [6.07, 6.45) is 2.77. The van der Waals surface area contributed by atoms with E-state index in [0.717, 1.165) is 19.3 Å². The molecule has 0 radical (unpaired) electrons. The van der Waals surface area contributed by atoms with Crippen LogP contribution in [0.15, 0.2) is 58.3 Å². The Morgan fingerprint density at radius 2 is 1.53 bits per heavy atom. The van der Waals surface area contributed by atoms with Gasteiger partial charge in [-0.05, 0) is 68.7 Å². The molecule has 0 saturated carbocycles. The van der Waals surface area contributed by atoms with Gasteiger partial charge >= 0.3 is 0 Å². The second-order valence-electron chi connectivity index (χ2n) is 8.07. The zero-order valence-electron chi connectivity index (χ0n) is 19.4. The van der Waals surface area contributed by atoms with E-state index in [1.54, 1.807) is 24.3 Å². The van der Waals surface area contributed by atoms with Crippen molar-refractivity contribution < 1.29 is 26.4 Å². The molecule has 1 aliphatic heterocycles. The lowest BCUT2D eigenvalue weighted by atomic mass is 10.2. The van der Waals surface area contributed by atoms with Gasteiger partial charge in [-0.2, -0.15) is 9.03 Å². The van der Waals surface area contributed by atoms with Crippen LogP contribution in [-0.2, 0) is 31.4 Å². The van der Waals surface area contributed by atoms with Crippen molar-refractivity contribution in [2.45, 2.75) is 55.5 Å². The molecular formula is C23H31N3O6S2. The highest BCUT2D eigenvalue weighted by Crippen LogP contribution is 2.21. The van der Waals surface area contributed by atoms with Crippen LogP contribution in [0, 0.1) is 0 Å². The highest BCUT2D eigenvalue weighted by atomic mass is 32.2. The van der Waals surface area contributed by atoms with E-state index >= 15 is 0 Å². The van der Waals surface area contributed by atoms with Crippen LogP contribution in [0.1, 0.15) is 38.7 Å². The second-order valence-corrected chi connectivity index (χ2v) is 11.7. The summed E-state index contributed by atoms with van der Waals surface area (Å²) in [6.45, 7) is 4.96. The molecule has 1 aliphatic rings.